The smallest absolute Gasteiger partial charge is 0.325 e. The average molecular weight is 417 g/mol. The number of hydrogen-bond acceptors (Lipinski definition) is 4. The molecule has 0 aliphatic carbocycles. The maximum atomic E-state index is 12.6. The van der Waals surface area contributed by atoms with E-state index >= 15 is 0 Å². The van der Waals surface area contributed by atoms with Gasteiger partial charge in [-0.2, -0.15) is 0 Å². The van der Waals surface area contributed by atoms with E-state index in [1.54, 1.807) is 23.6 Å². The number of hydrogen-bond donors (Lipinski definition) is 2. The van der Waals surface area contributed by atoms with E-state index < -0.39 is 5.25 Å². The summed E-state index contributed by atoms with van der Waals surface area (Å²) in [6.07, 6.45) is 0.704. The number of rotatable bonds is 7. The zero-order valence-electron chi connectivity index (χ0n) is 15.6. The summed E-state index contributed by atoms with van der Waals surface area (Å²) in [6.45, 7) is 4.17. The number of H-pyrrole nitrogens is 1. The number of carbonyl (C=O) groups excluding carboxylic acids is 1. The van der Waals surface area contributed by atoms with Crippen LogP contribution in [0.3, 0.4) is 0 Å². The molecule has 0 spiro atoms. The second-order valence-electron chi connectivity index (χ2n) is 6.41. The molecule has 3 aromatic rings. The Kier molecular flexibility index (Phi) is 6.59. The molecule has 146 valence electrons. The van der Waals surface area contributed by atoms with Crippen molar-refractivity contribution in [1.82, 2.24) is 14.8 Å². The minimum absolute atomic E-state index is 0.180. The van der Waals surface area contributed by atoms with E-state index in [0.717, 1.165) is 11.1 Å². The number of halogens is 1. The fraction of sp³-hybridized carbons (Fsp3) is 0.250. The van der Waals surface area contributed by atoms with Crippen LogP contribution in [0.4, 0.5) is 5.69 Å². The molecule has 1 heterocycles. The minimum Gasteiger partial charge on any atom is -0.325 e. The molecule has 3 rings (SSSR count). The van der Waals surface area contributed by atoms with Crippen LogP contribution in [0.15, 0.2) is 58.5 Å². The predicted molar refractivity (Wildman–Crippen MR) is 113 cm³/mol. The first-order chi connectivity index (χ1) is 13.4. The van der Waals surface area contributed by atoms with Crippen molar-refractivity contribution in [3.05, 3.63) is 75.2 Å². The lowest BCUT2D eigenvalue weighted by Crippen LogP contribution is -2.24. The topological polar surface area (TPSA) is 79.8 Å². The van der Waals surface area contributed by atoms with Crippen LogP contribution in [0.25, 0.3) is 0 Å². The van der Waals surface area contributed by atoms with Crippen LogP contribution in [0.2, 0.25) is 5.02 Å². The quantitative estimate of drug-likeness (QED) is 0.572. The van der Waals surface area contributed by atoms with Crippen LogP contribution in [0.1, 0.15) is 18.1 Å². The summed E-state index contributed by atoms with van der Waals surface area (Å²) in [5.41, 5.74) is 2.45. The number of nitrogens with zero attached hydrogens (tertiary/aromatic N) is 2. The Bertz CT molecular complexity index is 1020. The number of aromatic nitrogens is 3. The number of thioether (sulfide) groups is 1. The minimum atomic E-state index is -0.441. The van der Waals surface area contributed by atoms with Gasteiger partial charge in [0.25, 0.3) is 0 Å². The van der Waals surface area contributed by atoms with E-state index in [9.17, 15) is 9.59 Å². The Morgan fingerprint density at radius 2 is 2.04 bits per heavy atom. The highest BCUT2D eigenvalue weighted by atomic mass is 35.5. The summed E-state index contributed by atoms with van der Waals surface area (Å²) in [7, 11) is 0. The van der Waals surface area contributed by atoms with Crippen molar-refractivity contribution in [2.75, 3.05) is 5.32 Å². The van der Waals surface area contributed by atoms with Crippen molar-refractivity contribution in [3.8, 4) is 0 Å². The predicted octanol–water partition coefficient (Wildman–Crippen LogP) is 3.90. The van der Waals surface area contributed by atoms with Gasteiger partial charge in [-0.05, 0) is 43.5 Å². The highest BCUT2D eigenvalue weighted by molar-refractivity contribution is 8.00. The van der Waals surface area contributed by atoms with Gasteiger partial charge in [0.15, 0.2) is 5.16 Å². The van der Waals surface area contributed by atoms with E-state index in [0.29, 0.717) is 28.8 Å². The maximum Gasteiger partial charge on any atom is 0.343 e. The number of aromatic amines is 1. The van der Waals surface area contributed by atoms with Gasteiger partial charge < -0.3 is 5.32 Å². The molecule has 0 aliphatic rings. The van der Waals surface area contributed by atoms with Gasteiger partial charge in [-0.1, -0.05) is 59.8 Å². The van der Waals surface area contributed by atoms with Gasteiger partial charge in [0.2, 0.25) is 5.91 Å². The Hall–Kier alpha value is -2.51. The zero-order chi connectivity index (χ0) is 20.1. The van der Waals surface area contributed by atoms with Crippen LogP contribution >= 0.6 is 23.4 Å². The highest BCUT2D eigenvalue weighted by Gasteiger charge is 2.19. The number of benzene rings is 2. The summed E-state index contributed by atoms with van der Waals surface area (Å²) in [5.74, 6) is -0.180. The average Bonchev–Trinajstić information content (AvgIpc) is 3.03. The summed E-state index contributed by atoms with van der Waals surface area (Å²) in [5, 5.41) is 10.0. The molecule has 0 saturated heterocycles. The molecule has 6 nitrogen and oxygen atoms in total. The van der Waals surface area contributed by atoms with Crippen LogP contribution in [0.5, 0.6) is 0 Å². The summed E-state index contributed by atoms with van der Waals surface area (Å²) < 4.78 is 1.56. The molecule has 1 aromatic heterocycles. The Labute approximate surface area is 172 Å². The molecule has 28 heavy (non-hydrogen) atoms. The first kappa shape index (κ1) is 20.2. The van der Waals surface area contributed by atoms with E-state index in [1.165, 1.54) is 11.8 Å². The Balaban J connectivity index is 1.67. The molecule has 0 radical (unpaired) electrons. The zero-order valence-corrected chi connectivity index (χ0v) is 17.2. The molecule has 1 atom stereocenters. The molecule has 2 N–H and O–H groups in total. The van der Waals surface area contributed by atoms with Gasteiger partial charge in [0, 0.05) is 17.3 Å². The molecule has 0 bridgehead atoms. The van der Waals surface area contributed by atoms with Crippen molar-refractivity contribution >= 4 is 35.0 Å². The third kappa shape index (κ3) is 5.05. The molecule has 1 amide bonds. The second kappa shape index (κ2) is 9.12. The van der Waals surface area contributed by atoms with Crippen molar-refractivity contribution in [2.45, 2.75) is 37.2 Å². The molecule has 0 aliphatic heterocycles. The Morgan fingerprint density at radius 1 is 1.29 bits per heavy atom. The number of anilines is 1. The van der Waals surface area contributed by atoms with Crippen LogP contribution in [-0.2, 0) is 17.8 Å². The molecule has 0 fully saturated rings. The molecular formula is C20H21ClN4O2S. The largest absolute Gasteiger partial charge is 0.343 e. The lowest BCUT2D eigenvalue weighted by Gasteiger charge is -2.14. The van der Waals surface area contributed by atoms with Gasteiger partial charge >= 0.3 is 5.69 Å². The second-order valence-corrected chi connectivity index (χ2v) is 8.15. The number of carbonyl (C=O) groups is 1. The first-order valence-corrected chi connectivity index (χ1v) is 10.1. The van der Waals surface area contributed by atoms with E-state index in [2.05, 4.69) is 15.5 Å². The van der Waals surface area contributed by atoms with Gasteiger partial charge in [-0.15, -0.1) is 5.10 Å². The third-order valence-electron chi connectivity index (χ3n) is 4.30. The molecule has 1 unspecified atom stereocenters. The summed E-state index contributed by atoms with van der Waals surface area (Å²) >= 11 is 7.25. The van der Waals surface area contributed by atoms with Crippen molar-refractivity contribution in [3.63, 3.8) is 0 Å². The summed E-state index contributed by atoms with van der Waals surface area (Å²) in [4.78, 5) is 24.7. The van der Waals surface area contributed by atoms with Gasteiger partial charge in [0.1, 0.15) is 0 Å². The number of nitrogens with one attached hydrogen (secondary N) is 2. The van der Waals surface area contributed by atoms with Gasteiger partial charge in [0.05, 0.1) is 5.25 Å². The van der Waals surface area contributed by atoms with Crippen LogP contribution in [0, 0.1) is 6.92 Å². The lowest BCUT2D eigenvalue weighted by atomic mass is 10.1. The molecular weight excluding hydrogens is 396 g/mol. The van der Waals surface area contributed by atoms with E-state index in [1.807, 2.05) is 43.3 Å². The van der Waals surface area contributed by atoms with Gasteiger partial charge in [-0.25, -0.2) is 9.89 Å². The molecule has 0 saturated carbocycles. The van der Waals surface area contributed by atoms with Crippen molar-refractivity contribution in [1.29, 1.82) is 0 Å². The number of aryl methyl sites for hydroxylation is 2. The van der Waals surface area contributed by atoms with Crippen LogP contribution in [-0.4, -0.2) is 25.9 Å². The standard InChI is InChI=1S/C20H21ClN4O2S/c1-13-8-9-16(21)12-17(13)22-18(26)14(2)28-20-24-23-19(27)25(20)11-10-15-6-4-3-5-7-15/h3-9,12,14H,10-11H2,1-2H3,(H,22,26)(H,23,27). The summed E-state index contributed by atoms with van der Waals surface area (Å²) in [6, 6.07) is 15.3. The first-order valence-electron chi connectivity index (χ1n) is 8.87. The molecule has 8 heteroatoms. The van der Waals surface area contributed by atoms with Crippen molar-refractivity contribution < 1.29 is 4.79 Å². The van der Waals surface area contributed by atoms with E-state index in [4.69, 9.17) is 11.6 Å². The number of amides is 1. The van der Waals surface area contributed by atoms with Crippen molar-refractivity contribution in [2.24, 2.45) is 0 Å². The van der Waals surface area contributed by atoms with E-state index in [-0.39, 0.29) is 11.6 Å². The monoisotopic (exact) mass is 416 g/mol. The van der Waals surface area contributed by atoms with Crippen LogP contribution < -0.4 is 11.0 Å². The highest BCUT2D eigenvalue weighted by Crippen LogP contribution is 2.24. The fourth-order valence-electron chi connectivity index (χ4n) is 2.65. The maximum absolute atomic E-state index is 12.6. The normalized spacial score (nSPS) is 12.0. The Morgan fingerprint density at radius 3 is 2.79 bits per heavy atom. The van der Waals surface area contributed by atoms with Gasteiger partial charge in [-0.3, -0.25) is 9.36 Å². The SMILES string of the molecule is Cc1ccc(Cl)cc1NC(=O)C(C)Sc1n[nH]c(=O)n1CCc1ccccc1. The molecule has 2 aromatic carbocycles. The lowest BCUT2D eigenvalue weighted by molar-refractivity contribution is -0.115. The third-order valence-corrected chi connectivity index (χ3v) is 5.62. The fourth-order valence-corrected chi connectivity index (χ4v) is 3.70.